The Morgan fingerprint density at radius 3 is 2.94 bits per heavy atom. The molecule has 1 aromatic rings. The highest BCUT2D eigenvalue weighted by Crippen LogP contribution is 2.22. The maximum absolute atomic E-state index is 11.6. The summed E-state index contributed by atoms with van der Waals surface area (Å²) in [5, 5.41) is 5.55. The van der Waals surface area contributed by atoms with Gasteiger partial charge in [0.2, 0.25) is 5.91 Å². The molecule has 0 fully saturated rings. The van der Waals surface area contributed by atoms with Crippen molar-refractivity contribution in [3.05, 3.63) is 16.1 Å². The van der Waals surface area contributed by atoms with Crippen LogP contribution >= 0.6 is 11.3 Å². The van der Waals surface area contributed by atoms with Crippen LogP contribution in [0.25, 0.3) is 0 Å². The standard InChI is InChI=1S/C12H21N3O2S/c1-8(2)11(13)12-15-9(7-18-12)6-10(16)14-4-5-17-3/h7-8,11H,4-6,13H2,1-3H3,(H,14,16). The van der Waals surface area contributed by atoms with Crippen molar-refractivity contribution in [1.82, 2.24) is 10.3 Å². The van der Waals surface area contributed by atoms with Gasteiger partial charge in [-0.15, -0.1) is 11.3 Å². The van der Waals surface area contributed by atoms with Gasteiger partial charge in [-0.25, -0.2) is 4.98 Å². The smallest absolute Gasteiger partial charge is 0.226 e. The van der Waals surface area contributed by atoms with Crippen LogP contribution in [0.4, 0.5) is 0 Å². The number of rotatable bonds is 7. The van der Waals surface area contributed by atoms with Crippen LogP contribution < -0.4 is 11.1 Å². The van der Waals surface area contributed by atoms with Gasteiger partial charge in [-0.3, -0.25) is 4.79 Å². The van der Waals surface area contributed by atoms with E-state index in [0.717, 1.165) is 10.7 Å². The first-order valence-corrected chi connectivity index (χ1v) is 6.88. The highest BCUT2D eigenvalue weighted by atomic mass is 32.1. The summed E-state index contributed by atoms with van der Waals surface area (Å²) in [7, 11) is 1.60. The minimum Gasteiger partial charge on any atom is -0.383 e. The second kappa shape index (κ2) is 7.45. The van der Waals surface area contributed by atoms with Crippen LogP contribution in [0.1, 0.15) is 30.6 Å². The van der Waals surface area contributed by atoms with Gasteiger partial charge >= 0.3 is 0 Å². The molecule has 1 aromatic heterocycles. The molecule has 5 nitrogen and oxygen atoms in total. The van der Waals surface area contributed by atoms with E-state index in [1.165, 1.54) is 11.3 Å². The zero-order valence-corrected chi connectivity index (χ0v) is 11.9. The van der Waals surface area contributed by atoms with E-state index < -0.39 is 0 Å². The van der Waals surface area contributed by atoms with E-state index in [2.05, 4.69) is 24.1 Å². The molecule has 0 aromatic carbocycles. The van der Waals surface area contributed by atoms with Crippen LogP contribution in [0.5, 0.6) is 0 Å². The Bertz CT molecular complexity index is 379. The van der Waals surface area contributed by atoms with Crippen LogP contribution in [0.3, 0.4) is 0 Å². The van der Waals surface area contributed by atoms with Crippen molar-refractivity contribution in [1.29, 1.82) is 0 Å². The second-order valence-corrected chi connectivity index (χ2v) is 5.36. The van der Waals surface area contributed by atoms with Crippen molar-refractivity contribution in [3.63, 3.8) is 0 Å². The third kappa shape index (κ3) is 4.72. The third-order valence-corrected chi connectivity index (χ3v) is 3.54. The Hall–Kier alpha value is -0.980. The number of carbonyl (C=O) groups excluding carboxylic acids is 1. The molecular formula is C12H21N3O2S. The number of hydrogen-bond acceptors (Lipinski definition) is 5. The lowest BCUT2D eigenvalue weighted by molar-refractivity contribution is -0.120. The first-order chi connectivity index (χ1) is 8.54. The molecule has 0 aliphatic carbocycles. The van der Waals surface area contributed by atoms with Gasteiger partial charge in [-0.2, -0.15) is 0 Å². The lowest BCUT2D eigenvalue weighted by Gasteiger charge is -2.11. The number of nitrogens with one attached hydrogen (secondary N) is 1. The highest BCUT2D eigenvalue weighted by Gasteiger charge is 2.15. The first kappa shape index (κ1) is 15.1. The third-order valence-electron chi connectivity index (χ3n) is 2.54. The zero-order valence-electron chi connectivity index (χ0n) is 11.1. The molecule has 1 amide bonds. The van der Waals surface area contributed by atoms with E-state index >= 15 is 0 Å². The lowest BCUT2D eigenvalue weighted by atomic mass is 10.1. The number of ether oxygens (including phenoxy) is 1. The first-order valence-electron chi connectivity index (χ1n) is 6.00. The Morgan fingerprint density at radius 2 is 2.33 bits per heavy atom. The average molecular weight is 271 g/mol. The normalized spacial score (nSPS) is 12.7. The molecule has 0 spiro atoms. The Balaban J connectivity index is 2.46. The van der Waals surface area contributed by atoms with Crippen LogP contribution in [-0.4, -0.2) is 31.2 Å². The van der Waals surface area contributed by atoms with Crippen LogP contribution in [0.2, 0.25) is 0 Å². The summed E-state index contributed by atoms with van der Waals surface area (Å²) < 4.78 is 4.86. The average Bonchev–Trinajstić information content (AvgIpc) is 2.76. The van der Waals surface area contributed by atoms with E-state index in [0.29, 0.717) is 25.5 Å². The Kier molecular flexibility index (Phi) is 6.24. The van der Waals surface area contributed by atoms with Gasteiger partial charge in [0.15, 0.2) is 0 Å². The van der Waals surface area contributed by atoms with Crippen molar-refractivity contribution in [2.75, 3.05) is 20.3 Å². The number of nitrogens with zero attached hydrogens (tertiary/aromatic N) is 1. The fourth-order valence-electron chi connectivity index (χ4n) is 1.36. The minimum atomic E-state index is -0.0553. The Labute approximate surface area is 112 Å². The monoisotopic (exact) mass is 271 g/mol. The summed E-state index contributed by atoms with van der Waals surface area (Å²) in [5.74, 6) is 0.307. The molecule has 102 valence electrons. The summed E-state index contributed by atoms with van der Waals surface area (Å²) in [6.07, 6.45) is 0.297. The van der Waals surface area contributed by atoms with Crippen molar-refractivity contribution in [3.8, 4) is 0 Å². The van der Waals surface area contributed by atoms with Gasteiger partial charge in [-0.05, 0) is 5.92 Å². The van der Waals surface area contributed by atoms with Gasteiger partial charge in [0.25, 0.3) is 0 Å². The summed E-state index contributed by atoms with van der Waals surface area (Å²) in [6, 6.07) is -0.0553. The number of methoxy groups -OCH3 is 1. The molecule has 1 heterocycles. The number of thiazole rings is 1. The predicted octanol–water partition coefficient (Wildman–Crippen LogP) is 1.10. The molecule has 3 N–H and O–H groups in total. The van der Waals surface area contributed by atoms with Gasteiger partial charge in [0.05, 0.1) is 24.8 Å². The van der Waals surface area contributed by atoms with Crippen LogP contribution in [-0.2, 0) is 16.0 Å². The van der Waals surface area contributed by atoms with Crippen molar-refractivity contribution < 1.29 is 9.53 Å². The molecule has 6 heteroatoms. The Morgan fingerprint density at radius 1 is 1.61 bits per heavy atom. The molecule has 1 atom stereocenters. The van der Waals surface area contributed by atoms with E-state index in [-0.39, 0.29) is 11.9 Å². The van der Waals surface area contributed by atoms with Crippen molar-refractivity contribution in [2.45, 2.75) is 26.3 Å². The van der Waals surface area contributed by atoms with E-state index in [1.807, 2.05) is 5.38 Å². The zero-order chi connectivity index (χ0) is 13.5. The SMILES string of the molecule is COCCNC(=O)Cc1csc(C(N)C(C)C)n1. The molecule has 0 aliphatic rings. The second-order valence-electron chi connectivity index (χ2n) is 4.47. The number of aromatic nitrogens is 1. The summed E-state index contributed by atoms with van der Waals surface area (Å²) in [5.41, 5.74) is 6.79. The molecule has 0 saturated heterocycles. The van der Waals surface area contributed by atoms with Crippen LogP contribution in [0, 0.1) is 5.92 Å². The minimum absolute atomic E-state index is 0.0398. The van der Waals surface area contributed by atoms with Gasteiger partial charge in [0.1, 0.15) is 5.01 Å². The fraction of sp³-hybridized carbons (Fsp3) is 0.667. The molecule has 1 unspecified atom stereocenters. The molecule has 1 rings (SSSR count). The number of carbonyl (C=O) groups is 1. The van der Waals surface area contributed by atoms with E-state index in [9.17, 15) is 4.79 Å². The van der Waals surface area contributed by atoms with Gasteiger partial charge < -0.3 is 15.8 Å². The largest absolute Gasteiger partial charge is 0.383 e. The summed E-state index contributed by atoms with van der Waals surface area (Å²) in [4.78, 5) is 16.0. The van der Waals surface area contributed by atoms with Crippen molar-refractivity contribution in [2.24, 2.45) is 11.7 Å². The van der Waals surface area contributed by atoms with E-state index in [1.54, 1.807) is 7.11 Å². The highest BCUT2D eigenvalue weighted by molar-refractivity contribution is 7.09. The number of hydrogen-bond donors (Lipinski definition) is 2. The van der Waals surface area contributed by atoms with Crippen molar-refractivity contribution >= 4 is 17.2 Å². The quantitative estimate of drug-likeness (QED) is 0.728. The summed E-state index contributed by atoms with van der Waals surface area (Å²) in [6.45, 7) is 5.16. The predicted molar refractivity (Wildman–Crippen MR) is 72.5 cm³/mol. The van der Waals surface area contributed by atoms with Gasteiger partial charge in [0, 0.05) is 19.0 Å². The topological polar surface area (TPSA) is 77.2 Å². The fourth-order valence-corrected chi connectivity index (χ4v) is 2.35. The molecule has 0 saturated carbocycles. The maximum Gasteiger partial charge on any atom is 0.226 e. The maximum atomic E-state index is 11.6. The molecule has 0 bridgehead atoms. The van der Waals surface area contributed by atoms with Crippen LogP contribution in [0.15, 0.2) is 5.38 Å². The molecule has 18 heavy (non-hydrogen) atoms. The van der Waals surface area contributed by atoms with Gasteiger partial charge in [-0.1, -0.05) is 13.8 Å². The molecule has 0 radical (unpaired) electrons. The van der Waals surface area contributed by atoms with E-state index in [4.69, 9.17) is 10.5 Å². The number of nitrogens with two attached hydrogens (primary N) is 1. The summed E-state index contributed by atoms with van der Waals surface area (Å²) >= 11 is 1.52. The number of amides is 1. The lowest BCUT2D eigenvalue weighted by Crippen LogP contribution is -2.28. The molecular weight excluding hydrogens is 250 g/mol. The molecule has 0 aliphatic heterocycles.